The highest BCUT2D eigenvalue weighted by Crippen LogP contribution is 2.02. The predicted molar refractivity (Wildman–Crippen MR) is 53.9 cm³/mol. The minimum atomic E-state index is 1.04. The molecule has 0 saturated heterocycles. The Labute approximate surface area is 76.1 Å². The minimum absolute atomic E-state index is 1.04. The van der Waals surface area contributed by atoms with Crippen molar-refractivity contribution in [3.05, 3.63) is 42.0 Å². The van der Waals surface area contributed by atoms with Crippen LogP contribution in [0.5, 0.6) is 0 Å². The zero-order valence-electron chi connectivity index (χ0n) is 6.33. The Hall–Kier alpha value is -0.560. The van der Waals surface area contributed by atoms with Crippen molar-refractivity contribution in [1.82, 2.24) is 0 Å². The average molecular weight is 211 g/mol. The Bertz CT molecular complexity index is 214. The third-order valence-corrected chi connectivity index (χ3v) is 1.84. The maximum absolute atomic E-state index is 3.37. The molecule has 0 amide bonds. The predicted octanol–water partition coefficient (Wildman–Crippen LogP) is 3.48. The van der Waals surface area contributed by atoms with E-state index in [4.69, 9.17) is 0 Å². The van der Waals surface area contributed by atoms with Crippen molar-refractivity contribution in [1.29, 1.82) is 0 Å². The van der Waals surface area contributed by atoms with Crippen LogP contribution in [0.15, 0.2) is 36.4 Å². The summed E-state index contributed by atoms with van der Waals surface area (Å²) in [4.78, 5) is 0. The lowest BCUT2D eigenvalue weighted by atomic mass is 10.2. The van der Waals surface area contributed by atoms with Crippen molar-refractivity contribution in [2.24, 2.45) is 0 Å². The van der Waals surface area contributed by atoms with Gasteiger partial charge in [-0.05, 0) is 12.0 Å². The van der Waals surface area contributed by atoms with Crippen LogP contribution in [0.4, 0.5) is 0 Å². The van der Waals surface area contributed by atoms with Crippen molar-refractivity contribution in [2.75, 3.05) is 5.33 Å². The van der Waals surface area contributed by atoms with Gasteiger partial charge in [-0.3, -0.25) is 0 Å². The molecular formula is C10H11Br. The molecule has 58 valence electrons. The van der Waals surface area contributed by atoms with E-state index in [1.165, 1.54) is 5.56 Å². The van der Waals surface area contributed by atoms with Crippen molar-refractivity contribution in [3.63, 3.8) is 0 Å². The second kappa shape index (κ2) is 5.14. The van der Waals surface area contributed by atoms with Gasteiger partial charge in [0.25, 0.3) is 0 Å². The standard InChI is InChI=1S/C10H11Br/c11-9-5-4-8-10-6-2-1-3-7-10/h1-4,6-8H,5,9H2/b8-4+. The summed E-state index contributed by atoms with van der Waals surface area (Å²) in [5.41, 5.74) is 1.27. The van der Waals surface area contributed by atoms with E-state index in [2.05, 4.69) is 40.2 Å². The van der Waals surface area contributed by atoms with Gasteiger partial charge in [0.1, 0.15) is 0 Å². The van der Waals surface area contributed by atoms with Crippen LogP contribution >= 0.6 is 15.9 Å². The van der Waals surface area contributed by atoms with Gasteiger partial charge >= 0.3 is 0 Å². The number of hydrogen-bond donors (Lipinski definition) is 0. The van der Waals surface area contributed by atoms with E-state index in [1.54, 1.807) is 0 Å². The molecule has 0 fully saturated rings. The monoisotopic (exact) mass is 210 g/mol. The first-order valence-corrected chi connectivity index (χ1v) is 4.83. The molecule has 11 heavy (non-hydrogen) atoms. The lowest BCUT2D eigenvalue weighted by molar-refractivity contribution is 1.27. The molecular weight excluding hydrogens is 200 g/mol. The van der Waals surface area contributed by atoms with Gasteiger partial charge in [0.05, 0.1) is 0 Å². The smallest absolute Gasteiger partial charge is 0.00660 e. The van der Waals surface area contributed by atoms with Gasteiger partial charge in [-0.15, -0.1) is 0 Å². The number of hydrogen-bond acceptors (Lipinski definition) is 0. The van der Waals surface area contributed by atoms with Crippen molar-refractivity contribution < 1.29 is 0 Å². The Morgan fingerprint density at radius 2 is 1.91 bits per heavy atom. The summed E-state index contributed by atoms with van der Waals surface area (Å²) in [6, 6.07) is 10.3. The summed E-state index contributed by atoms with van der Waals surface area (Å²) in [6.45, 7) is 0. The van der Waals surface area contributed by atoms with Crippen LogP contribution in [0.2, 0.25) is 0 Å². The van der Waals surface area contributed by atoms with Crippen LogP contribution in [0.1, 0.15) is 12.0 Å². The molecule has 0 spiro atoms. The molecule has 1 rings (SSSR count). The molecule has 0 aromatic heterocycles. The SMILES string of the molecule is BrCC/C=C/c1ccccc1. The van der Waals surface area contributed by atoms with Gasteiger partial charge in [0.15, 0.2) is 0 Å². The molecule has 0 bridgehead atoms. The molecule has 1 aromatic rings. The summed E-state index contributed by atoms with van der Waals surface area (Å²) in [7, 11) is 0. The zero-order chi connectivity index (χ0) is 7.94. The first-order chi connectivity index (χ1) is 5.43. The third kappa shape index (κ3) is 3.38. The van der Waals surface area contributed by atoms with E-state index in [9.17, 15) is 0 Å². The van der Waals surface area contributed by atoms with Crippen molar-refractivity contribution >= 4 is 22.0 Å². The Morgan fingerprint density at radius 3 is 2.55 bits per heavy atom. The normalized spacial score (nSPS) is 10.6. The highest BCUT2D eigenvalue weighted by Gasteiger charge is 1.80. The highest BCUT2D eigenvalue weighted by atomic mass is 79.9. The quantitative estimate of drug-likeness (QED) is 0.671. The summed E-state index contributed by atoms with van der Waals surface area (Å²) < 4.78 is 0. The molecule has 0 atom stereocenters. The van der Waals surface area contributed by atoms with Crippen LogP contribution < -0.4 is 0 Å². The molecule has 1 heteroatoms. The van der Waals surface area contributed by atoms with Gasteiger partial charge in [0.2, 0.25) is 0 Å². The van der Waals surface area contributed by atoms with E-state index < -0.39 is 0 Å². The lowest BCUT2D eigenvalue weighted by Crippen LogP contribution is -1.69. The van der Waals surface area contributed by atoms with Crippen LogP contribution in [-0.2, 0) is 0 Å². The van der Waals surface area contributed by atoms with Crippen LogP contribution in [0, 0.1) is 0 Å². The third-order valence-electron chi connectivity index (χ3n) is 1.39. The highest BCUT2D eigenvalue weighted by molar-refractivity contribution is 9.09. The molecule has 0 saturated carbocycles. The summed E-state index contributed by atoms with van der Waals surface area (Å²) in [5.74, 6) is 0. The number of benzene rings is 1. The number of allylic oxidation sites excluding steroid dienone is 1. The van der Waals surface area contributed by atoms with Crippen LogP contribution in [-0.4, -0.2) is 5.33 Å². The van der Waals surface area contributed by atoms with Gasteiger partial charge in [-0.1, -0.05) is 58.4 Å². The molecule has 0 aliphatic carbocycles. The lowest BCUT2D eigenvalue weighted by Gasteiger charge is -1.89. The van der Waals surface area contributed by atoms with E-state index in [-0.39, 0.29) is 0 Å². The number of halogens is 1. The maximum Gasteiger partial charge on any atom is 0.00660 e. The first-order valence-electron chi connectivity index (χ1n) is 3.71. The van der Waals surface area contributed by atoms with Gasteiger partial charge in [-0.2, -0.15) is 0 Å². The fourth-order valence-electron chi connectivity index (χ4n) is 0.847. The molecule has 0 aliphatic rings. The summed E-state index contributed by atoms with van der Waals surface area (Å²) in [5, 5.41) is 1.04. The van der Waals surface area contributed by atoms with Gasteiger partial charge in [-0.25, -0.2) is 0 Å². The van der Waals surface area contributed by atoms with E-state index in [1.807, 2.05) is 18.2 Å². The topological polar surface area (TPSA) is 0 Å². The molecule has 0 heterocycles. The number of rotatable bonds is 3. The molecule has 0 radical (unpaired) electrons. The zero-order valence-corrected chi connectivity index (χ0v) is 7.92. The Balaban J connectivity index is 2.50. The number of alkyl halides is 1. The molecule has 0 nitrogen and oxygen atoms in total. The summed E-state index contributed by atoms with van der Waals surface area (Å²) >= 11 is 3.37. The van der Waals surface area contributed by atoms with E-state index >= 15 is 0 Å². The van der Waals surface area contributed by atoms with E-state index in [0.29, 0.717) is 0 Å². The summed E-state index contributed by atoms with van der Waals surface area (Å²) in [6.07, 6.45) is 5.40. The fraction of sp³-hybridized carbons (Fsp3) is 0.200. The van der Waals surface area contributed by atoms with Crippen LogP contribution in [0.25, 0.3) is 6.08 Å². The average Bonchev–Trinajstić information content (AvgIpc) is 2.07. The van der Waals surface area contributed by atoms with E-state index in [0.717, 1.165) is 11.8 Å². The van der Waals surface area contributed by atoms with Crippen molar-refractivity contribution in [3.8, 4) is 0 Å². The Morgan fingerprint density at radius 1 is 1.18 bits per heavy atom. The van der Waals surface area contributed by atoms with Crippen LogP contribution in [0.3, 0.4) is 0 Å². The first kappa shape index (κ1) is 8.54. The Kier molecular flexibility index (Phi) is 3.99. The maximum atomic E-state index is 3.37. The van der Waals surface area contributed by atoms with Crippen molar-refractivity contribution in [2.45, 2.75) is 6.42 Å². The van der Waals surface area contributed by atoms with Gasteiger partial charge in [0, 0.05) is 5.33 Å². The molecule has 1 aromatic carbocycles. The second-order valence-corrected chi connectivity index (χ2v) is 3.08. The fourth-order valence-corrected chi connectivity index (χ4v) is 1.11. The molecule has 0 aliphatic heterocycles. The second-order valence-electron chi connectivity index (χ2n) is 2.29. The molecule has 0 N–H and O–H groups in total. The largest absolute Gasteiger partial charge is 0.0925 e. The van der Waals surface area contributed by atoms with Gasteiger partial charge < -0.3 is 0 Å². The molecule has 0 unspecified atom stereocenters. The minimum Gasteiger partial charge on any atom is -0.0925 e.